The molecule has 0 bridgehead atoms. The zero-order valence-electron chi connectivity index (χ0n) is 13.9. The van der Waals surface area contributed by atoms with Gasteiger partial charge in [-0.1, -0.05) is 88.2 Å². The molecule has 0 saturated carbocycles. The van der Waals surface area contributed by atoms with Crippen molar-refractivity contribution in [2.75, 3.05) is 0 Å². The highest BCUT2D eigenvalue weighted by molar-refractivity contribution is 7.16. The van der Waals surface area contributed by atoms with Gasteiger partial charge >= 0.3 is 4.87 Å². The zero-order valence-corrected chi connectivity index (χ0v) is 14.7. The lowest BCUT2D eigenvalue weighted by Crippen LogP contribution is -2.12. The van der Waals surface area contributed by atoms with E-state index >= 15 is 0 Å². The van der Waals surface area contributed by atoms with Gasteiger partial charge in [0.1, 0.15) is 0 Å². The van der Waals surface area contributed by atoms with E-state index in [4.69, 9.17) is 0 Å². The van der Waals surface area contributed by atoms with Gasteiger partial charge in [0, 0.05) is 6.54 Å². The van der Waals surface area contributed by atoms with Crippen molar-refractivity contribution in [2.45, 2.75) is 77.7 Å². The average Bonchev–Trinajstić information content (AvgIpc) is 2.85. The number of aromatic nitrogens is 1. The van der Waals surface area contributed by atoms with E-state index in [1.165, 1.54) is 69.1 Å². The predicted octanol–water partition coefficient (Wildman–Crippen LogP) is 5.98. The molecule has 2 aromatic rings. The minimum absolute atomic E-state index is 0.192. The number of nitrogens with zero attached hydrogens (tertiary/aromatic N) is 1. The van der Waals surface area contributed by atoms with Gasteiger partial charge in [-0.05, 0) is 18.6 Å². The number of unbranched alkanes of at least 4 members (excludes halogenated alkanes) is 9. The lowest BCUT2D eigenvalue weighted by Gasteiger charge is -2.04. The van der Waals surface area contributed by atoms with Crippen LogP contribution in [0.15, 0.2) is 29.1 Å². The van der Waals surface area contributed by atoms with Crippen molar-refractivity contribution < 1.29 is 0 Å². The maximum atomic E-state index is 12.0. The van der Waals surface area contributed by atoms with Crippen molar-refractivity contribution in [1.29, 1.82) is 0 Å². The van der Waals surface area contributed by atoms with E-state index in [1.54, 1.807) is 0 Å². The largest absolute Gasteiger partial charge is 0.308 e. The van der Waals surface area contributed by atoms with Gasteiger partial charge in [-0.3, -0.25) is 9.36 Å². The highest BCUT2D eigenvalue weighted by Crippen LogP contribution is 2.17. The summed E-state index contributed by atoms with van der Waals surface area (Å²) in [4.78, 5) is 12.2. The summed E-state index contributed by atoms with van der Waals surface area (Å²) in [5.74, 6) is 0. The quantitative estimate of drug-likeness (QED) is 0.467. The number of rotatable bonds is 11. The first-order valence-electron chi connectivity index (χ1n) is 8.91. The molecule has 0 atom stereocenters. The third kappa shape index (κ3) is 5.28. The first-order valence-corrected chi connectivity index (χ1v) is 9.73. The summed E-state index contributed by atoms with van der Waals surface area (Å²) in [6, 6.07) is 8.12. The van der Waals surface area contributed by atoms with Crippen molar-refractivity contribution in [3.63, 3.8) is 0 Å². The number of thiazole rings is 1. The van der Waals surface area contributed by atoms with Crippen LogP contribution in [0.4, 0.5) is 0 Å². The van der Waals surface area contributed by atoms with E-state index in [1.807, 2.05) is 22.8 Å². The minimum atomic E-state index is 0.192. The van der Waals surface area contributed by atoms with E-state index in [9.17, 15) is 4.79 Å². The number of hydrogen-bond acceptors (Lipinski definition) is 2. The zero-order chi connectivity index (χ0) is 15.6. The van der Waals surface area contributed by atoms with Gasteiger partial charge in [-0.25, -0.2) is 0 Å². The van der Waals surface area contributed by atoms with Crippen LogP contribution in [0.2, 0.25) is 0 Å². The number of benzene rings is 1. The summed E-state index contributed by atoms with van der Waals surface area (Å²) >= 11 is 1.37. The third-order valence-corrected chi connectivity index (χ3v) is 5.27. The first-order chi connectivity index (χ1) is 10.8. The highest BCUT2D eigenvalue weighted by atomic mass is 32.1. The Bertz CT molecular complexity index is 599. The number of aryl methyl sites for hydroxylation is 1. The fourth-order valence-electron chi connectivity index (χ4n) is 2.98. The molecule has 0 aliphatic heterocycles. The normalized spacial score (nSPS) is 11.3. The minimum Gasteiger partial charge on any atom is -0.299 e. The lowest BCUT2D eigenvalue weighted by atomic mass is 10.1. The molecule has 2 nitrogen and oxygen atoms in total. The Hall–Kier alpha value is -1.09. The van der Waals surface area contributed by atoms with Gasteiger partial charge < -0.3 is 0 Å². The average molecular weight is 320 g/mol. The molecule has 2 rings (SSSR count). The van der Waals surface area contributed by atoms with Crippen LogP contribution >= 0.6 is 11.3 Å². The molecule has 1 heterocycles. The summed E-state index contributed by atoms with van der Waals surface area (Å²) in [5, 5.41) is 0. The molecule has 122 valence electrons. The number of hydrogen-bond donors (Lipinski definition) is 0. The second kappa shape index (κ2) is 9.83. The predicted molar refractivity (Wildman–Crippen MR) is 97.9 cm³/mol. The molecule has 22 heavy (non-hydrogen) atoms. The maximum absolute atomic E-state index is 12.0. The van der Waals surface area contributed by atoms with Crippen LogP contribution < -0.4 is 4.87 Å². The summed E-state index contributed by atoms with van der Waals surface area (Å²) in [6.07, 6.45) is 13.3. The van der Waals surface area contributed by atoms with Crippen LogP contribution in [0, 0.1) is 0 Å². The van der Waals surface area contributed by atoms with Crippen molar-refractivity contribution in [2.24, 2.45) is 0 Å². The monoisotopic (exact) mass is 319 g/mol. The summed E-state index contributed by atoms with van der Waals surface area (Å²) < 4.78 is 3.06. The Morgan fingerprint density at radius 1 is 0.864 bits per heavy atom. The number of para-hydroxylation sites is 1. The van der Waals surface area contributed by atoms with Gasteiger partial charge in [0.05, 0.1) is 10.2 Å². The molecule has 0 saturated heterocycles. The van der Waals surface area contributed by atoms with Crippen LogP contribution in [0.3, 0.4) is 0 Å². The van der Waals surface area contributed by atoms with Gasteiger partial charge in [0.25, 0.3) is 0 Å². The second-order valence-corrected chi connectivity index (χ2v) is 7.16. The topological polar surface area (TPSA) is 22.0 Å². The van der Waals surface area contributed by atoms with Crippen molar-refractivity contribution in [3.8, 4) is 0 Å². The SMILES string of the molecule is CCCCCCCCCCCCn1c(=O)sc2ccccc21. The first kappa shape index (κ1) is 17.3. The Morgan fingerprint density at radius 2 is 1.45 bits per heavy atom. The Balaban J connectivity index is 1.60. The second-order valence-electron chi connectivity index (χ2n) is 6.17. The Kier molecular flexibility index (Phi) is 7.72. The highest BCUT2D eigenvalue weighted by Gasteiger charge is 2.05. The molecule has 0 aliphatic carbocycles. The molecule has 1 aromatic carbocycles. The van der Waals surface area contributed by atoms with Crippen LogP contribution in [0.5, 0.6) is 0 Å². The lowest BCUT2D eigenvalue weighted by molar-refractivity contribution is 0.537. The fourth-order valence-corrected chi connectivity index (χ4v) is 3.90. The van der Waals surface area contributed by atoms with Gasteiger partial charge in [-0.15, -0.1) is 0 Å². The van der Waals surface area contributed by atoms with Crippen LogP contribution in [0.1, 0.15) is 71.1 Å². The van der Waals surface area contributed by atoms with E-state index in [0.717, 1.165) is 23.2 Å². The van der Waals surface area contributed by atoms with Gasteiger partial charge in [-0.2, -0.15) is 0 Å². The van der Waals surface area contributed by atoms with E-state index in [2.05, 4.69) is 13.0 Å². The molecule has 0 N–H and O–H groups in total. The molecule has 0 fully saturated rings. The van der Waals surface area contributed by atoms with Gasteiger partial charge in [0.15, 0.2) is 0 Å². The van der Waals surface area contributed by atoms with E-state index in [-0.39, 0.29) is 4.87 Å². The Morgan fingerprint density at radius 3 is 2.14 bits per heavy atom. The molecule has 0 radical (unpaired) electrons. The van der Waals surface area contributed by atoms with Crippen LogP contribution in [-0.4, -0.2) is 4.57 Å². The van der Waals surface area contributed by atoms with Crippen molar-refractivity contribution >= 4 is 21.6 Å². The number of fused-ring (bicyclic) bond motifs is 1. The third-order valence-electron chi connectivity index (χ3n) is 4.31. The van der Waals surface area contributed by atoms with Gasteiger partial charge in [0.2, 0.25) is 0 Å². The molecule has 0 aliphatic rings. The molecule has 0 spiro atoms. The molecular formula is C19H29NOS. The van der Waals surface area contributed by atoms with Crippen LogP contribution in [0.25, 0.3) is 10.2 Å². The molecular weight excluding hydrogens is 290 g/mol. The maximum Gasteiger partial charge on any atom is 0.308 e. The molecule has 3 heteroatoms. The molecule has 1 aromatic heterocycles. The van der Waals surface area contributed by atoms with E-state index in [0.29, 0.717) is 0 Å². The van der Waals surface area contributed by atoms with Crippen LogP contribution in [-0.2, 0) is 6.54 Å². The van der Waals surface area contributed by atoms with Crippen molar-refractivity contribution in [3.05, 3.63) is 33.9 Å². The summed E-state index contributed by atoms with van der Waals surface area (Å²) in [6.45, 7) is 3.14. The molecule has 0 unspecified atom stereocenters. The Labute approximate surface area is 138 Å². The summed E-state index contributed by atoms with van der Waals surface area (Å²) in [5.41, 5.74) is 1.11. The molecule has 0 amide bonds. The standard InChI is InChI=1S/C19H29NOS/c1-2-3-4-5-6-7-8-9-10-13-16-20-17-14-11-12-15-18(17)22-19(20)21/h11-12,14-15H,2-10,13,16H2,1H3. The van der Waals surface area contributed by atoms with E-state index < -0.39 is 0 Å². The summed E-state index contributed by atoms with van der Waals surface area (Å²) in [7, 11) is 0. The van der Waals surface area contributed by atoms with Crippen molar-refractivity contribution in [1.82, 2.24) is 4.57 Å². The fraction of sp³-hybridized carbons (Fsp3) is 0.632. The smallest absolute Gasteiger partial charge is 0.299 e.